The van der Waals surface area contributed by atoms with Gasteiger partial charge < -0.3 is 10.2 Å². The van der Waals surface area contributed by atoms with Crippen LogP contribution in [0.2, 0.25) is 0 Å². The van der Waals surface area contributed by atoms with E-state index in [9.17, 15) is 26.4 Å². The second-order valence-corrected chi connectivity index (χ2v) is 8.56. The van der Waals surface area contributed by atoms with Crippen LogP contribution in [0.5, 0.6) is 0 Å². The van der Waals surface area contributed by atoms with Crippen LogP contribution in [0.15, 0.2) is 59.5 Å². The van der Waals surface area contributed by atoms with Crippen LogP contribution >= 0.6 is 0 Å². The molecule has 1 unspecified atom stereocenters. The van der Waals surface area contributed by atoms with Crippen LogP contribution in [0.3, 0.4) is 0 Å². The molecule has 0 bridgehead atoms. The summed E-state index contributed by atoms with van der Waals surface area (Å²) in [6.07, 6.45) is -4.84. The van der Waals surface area contributed by atoms with E-state index in [2.05, 4.69) is 5.32 Å². The van der Waals surface area contributed by atoms with Crippen molar-refractivity contribution in [1.82, 2.24) is 10.0 Å². The molecule has 0 aliphatic carbocycles. The van der Waals surface area contributed by atoms with Crippen molar-refractivity contribution in [2.24, 2.45) is 0 Å². The molecule has 2 atom stereocenters. The minimum Gasteiger partial charge on any atom is -0.370 e. The lowest BCUT2D eigenvalue weighted by molar-refractivity contribution is -0.139. The Morgan fingerprint density at radius 3 is 2.20 bits per heavy atom. The number of alkyl halides is 3. The molecule has 0 aromatic heterocycles. The van der Waals surface area contributed by atoms with Gasteiger partial charge in [0.25, 0.3) is 0 Å². The van der Waals surface area contributed by atoms with Crippen molar-refractivity contribution in [3.63, 3.8) is 0 Å². The molecule has 10 heteroatoms. The molecule has 2 aromatic carbocycles. The van der Waals surface area contributed by atoms with Crippen molar-refractivity contribution in [2.45, 2.75) is 37.0 Å². The number of nitrogens with zero attached hydrogens (tertiary/aromatic N) is 1. The minimum atomic E-state index is -4.84. The first-order valence-electron chi connectivity index (χ1n) is 9.17. The molecule has 30 heavy (non-hydrogen) atoms. The topological polar surface area (TPSA) is 78.5 Å². The molecule has 0 saturated heterocycles. The first-order valence-corrected chi connectivity index (χ1v) is 10.7. The van der Waals surface area contributed by atoms with E-state index in [0.717, 1.165) is 17.8 Å². The van der Waals surface area contributed by atoms with Crippen molar-refractivity contribution in [2.75, 3.05) is 18.5 Å². The lowest BCUT2D eigenvalue weighted by Gasteiger charge is -2.27. The van der Waals surface area contributed by atoms with Gasteiger partial charge >= 0.3 is 6.18 Å². The Kier molecular flexibility index (Phi) is 7.49. The van der Waals surface area contributed by atoms with Gasteiger partial charge in [-0.2, -0.15) is 17.9 Å². The lowest BCUT2D eigenvalue weighted by Crippen LogP contribution is -2.48. The zero-order chi connectivity index (χ0) is 22.5. The standard InChI is InChI=1S/C20H24F3N3O3S/c1-14(26(3)16-9-5-4-6-10-16)13-24-19(27)15(2)25-30(28,29)18-12-8-7-11-17(18)20(21,22)23/h4-12,14-15,25H,13H2,1-3H3,(H,24,27)/t14?,15-/m0/s1. The lowest BCUT2D eigenvalue weighted by atomic mass is 10.2. The molecule has 6 nitrogen and oxygen atoms in total. The van der Waals surface area contributed by atoms with E-state index in [-0.39, 0.29) is 12.6 Å². The van der Waals surface area contributed by atoms with Gasteiger partial charge in [0.1, 0.15) is 0 Å². The SMILES string of the molecule is CC(CNC(=O)[C@H](C)NS(=O)(=O)c1ccccc1C(F)(F)F)N(C)c1ccccc1. The molecule has 164 valence electrons. The van der Waals surface area contributed by atoms with Crippen molar-refractivity contribution in [3.05, 3.63) is 60.2 Å². The first kappa shape index (κ1) is 23.7. The summed E-state index contributed by atoms with van der Waals surface area (Å²) in [4.78, 5) is 13.3. The van der Waals surface area contributed by atoms with E-state index in [4.69, 9.17) is 0 Å². The number of amides is 1. The summed E-state index contributed by atoms with van der Waals surface area (Å²) < 4.78 is 66.3. The van der Waals surface area contributed by atoms with E-state index in [1.165, 1.54) is 13.0 Å². The third-order valence-corrected chi connectivity index (χ3v) is 6.20. The monoisotopic (exact) mass is 443 g/mol. The van der Waals surface area contributed by atoms with Crippen LogP contribution in [-0.4, -0.2) is 40.0 Å². The maximum Gasteiger partial charge on any atom is 0.417 e. The predicted octanol–water partition coefficient (Wildman–Crippen LogP) is 3.01. The summed E-state index contributed by atoms with van der Waals surface area (Å²) in [5, 5.41) is 2.62. The quantitative estimate of drug-likeness (QED) is 0.658. The average molecular weight is 443 g/mol. The Labute approximate surface area is 174 Å². The fraction of sp³-hybridized carbons (Fsp3) is 0.350. The van der Waals surface area contributed by atoms with Crippen LogP contribution < -0.4 is 14.9 Å². The number of hydrogen-bond donors (Lipinski definition) is 2. The normalized spacial score (nSPS) is 14.1. The third-order valence-electron chi connectivity index (χ3n) is 4.60. The summed E-state index contributed by atoms with van der Waals surface area (Å²) in [5.74, 6) is -0.642. The van der Waals surface area contributed by atoms with Gasteiger partial charge in [-0.15, -0.1) is 0 Å². The van der Waals surface area contributed by atoms with Gasteiger partial charge in [-0.25, -0.2) is 8.42 Å². The molecular weight excluding hydrogens is 419 g/mol. The smallest absolute Gasteiger partial charge is 0.370 e. The number of nitrogens with one attached hydrogen (secondary N) is 2. The summed E-state index contributed by atoms with van der Waals surface area (Å²) in [6, 6.07) is 11.9. The Morgan fingerprint density at radius 1 is 1.03 bits per heavy atom. The largest absolute Gasteiger partial charge is 0.417 e. The summed E-state index contributed by atoms with van der Waals surface area (Å²) in [5.41, 5.74) is -0.347. The Balaban J connectivity index is 2.02. The molecule has 0 fully saturated rings. The van der Waals surface area contributed by atoms with Crippen LogP contribution in [0, 0.1) is 0 Å². The Bertz CT molecular complexity index is 966. The van der Waals surface area contributed by atoms with E-state index < -0.39 is 38.6 Å². The number of hydrogen-bond acceptors (Lipinski definition) is 4. The number of halogens is 3. The van der Waals surface area contributed by atoms with Crippen LogP contribution in [0.4, 0.5) is 18.9 Å². The molecule has 2 aromatic rings. The summed E-state index contributed by atoms with van der Waals surface area (Å²) in [7, 11) is -2.70. The van der Waals surface area contributed by atoms with E-state index in [0.29, 0.717) is 6.07 Å². The molecule has 0 saturated carbocycles. The highest BCUT2D eigenvalue weighted by Crippen LogP contribution is 2.33. The number of likely N-dealkylation sites (N-methyl/N-ethyl adjacent to an activating group) is 1. The van der Waals surface area contributed by atoms with Gasteiger partial charge in [0.2, 0.25) is 15.9 Å². The summed E-state index contributed by atoms with van der Waals surface area (Å²) in [6.45, 7) is 3.37. The number of sulfonamides is 1. The molecule has 0 radical (unpaired) electrons. The van der Waals surface area contributed by atoms with Crippen LogP contribution in [0.25, 0.3) is 0 Å². The molecular formula is C20H24F3N3O3S. The zero-order valence-corrected chi connectivity index (χ0v) is 17.6. The molecule has 0 aliphatic heterocycles. The number of benzene rings is 2. The van der Waals surface area contributed by atoms with Gasteiger partial charge in [0, 0.05) is 25.3 Å². The number of carbonyl (C=O) groups is 1. The average Bonchev–Trinajstić information content (AvgIpc) is 2.70. The predicted molar refractivity (Wildman–Crippen MR) is 109 cm³/mol. The van der Waals surface area contributed by atoms with Gasteiger partial charge in [-0.3, -0.25) is 4.79 Å². The number of rotatable bonds is 8. The molecule has 1 amide bonds. The van der Waals surface area contributed by atoms with Gasteiger partial charge in [-0.05, 0) is 38.1 Å². The molecule has 0 aliphatic rings. The molecule has 0 spiro atoms. The Hall–Kier alpha value is -2.59. The fourth-order valence-corrected chi connectivity index (χ4v) is 4.17. The minimum absolute atomic E-state index is 0.105. The van der Waals surface area contributed by atoms with Crippen molar-refractivity contribution >= 4 is 21.6 Å². The van der Waals surface area contributed by atoms with Crippen LogP contribution in [-0.2, 0) is 21.0 Å². The number of para-hydroxylation sites is 1. The summed E-state index contributed by atoms with van der Waals surface area (Å²) >= 11 is 0. The highest BCUT2D eigenvalue weighted by atomic mass is 32.2. The number of carbonyl (C=O) groups excluding carboxylic acids is 1. The van der Waals surface area contributed by atoms with Crippen molar-refractivity contribution in [1.29, 1.82) is 0 Å². The van der Waals surface area contributed by atoms with Gasteiger partial charge in [0.15, 0.2) is 0 Å². The zero-order valence-electron chi connectivity index (χ0n) is 16.8. The van der Waals surface area contributed by atoms with E-state index in [1.807, 2.05) is 53.9 Å². The van der Waals surface area contributed by atoms with E-state index in [1.54, 1.807) is 0 Å². The maximum absolute atomic E-state index is 13.1. The van der Waals surface area contributed by atoms with E-state index >= 15 is 0 Å². The Morgan fingerprint density at radius 2 is 1.60 bits per heavy atom. The molecule has 2 rings (SSSR count). The second-order valence-electron chi connectivity index (χ2n) is 6.88. The second kappa shape index (κ2) is 9.48. The van der Waals surface area contributed by atoms with Crippen molar-refractivity contribution in [3.8, 4) is 0 Å². The molecule has 2 N–H and O–H groups in total. The molecule has 0 heterocycles. The van der Waals surface area contributed by atoms with Crippen LogP contribution in [0.1, 0.15) is 19.4 Å². The first-order chi connectivity index (χ1) is 13.9. The van der Waals surface area contributed by atoms with Gasteiger partial charge in [-0.1, -0.05) is 30.3 Å². The van der Waals surface area contributed by atoms with Crippen molar-refractivity contribution < 1.29 is 26.4 Å². The highest BCUT2D eigenvalue weighted by molar-refractivity contribution is 7.89. The van der Waals surface area contributed by atoms with Gasteiger partial charge in [0.05, 0.1) is 16.5 Å². The third kappa shape index (κ3) is 5.96. The maximum atomic E-state index is 13.1. The number of anilines is 1. The fourth-order valence-electron chi connectivity index (χ4n) is 2.74. The highest BCUT2D eigenvalue weighted by Gasteiger charge is 2.37.